The molecule has 0 aliphatic rings. The first kappa shape index (κ1) is 13.0. The predicted molar refractivity (Wildman–Crippen MR) is 58.0 cm³/mol. The molecule has 0 aliphatic heterocycles. The molecule has 0 fully saturated rings. The van der Waals surface area contributed by atoms with Crippen LogP contribution in [0.3, 0.4) is 0 Å². The van der Waals surface area contributed by atoms with Crippen LogP contribution in [0.2, 0.25) is 0 Å². The van der Waals surface area contributed by atoms with Gasteiger partial charge in [-0.15, -0.1) is 0 Å². The number of hydrogen-bond donors (Lipinski definition) is 1. The lowest BCUT2D eigenvalue weighted by molar-refractivity contribution is -0.137. The average molecular weight is 231 g/mol. The standard InChI is InChI=1S/C12H16F3N/c1-2-9(8-16)7-10-3-5-11(6-4-10)12(13,14)15/h3-6,9H,2,7-8,16H2,1H3. The second-order valence-corrected chi connectivity index (χ2v) is 3.91. The zero-order chi connectivity index (χ0) is 12.2. The highest BCUT2D eigenvalue weighted by Crippen LogP contribution is 2.29. The summed E-state index contributed by atoms with van der Waals surface area (Å²) in [7, 11) is 0. The Morgan fingerprint density at radius 1 is 1.19 bits per heavy atom. The van der Waals surface area contributed by atoms with Crippen molar-refractivity contribution < 1.29 is 13.2 Å². The molecule has 0 radical (unpaired) electrons. The molecule has 0 spiro atoms. The van der Waals surface area contributed by atoms with E-state index in [2.05, 4.69) is 0 Å². The highest BCUT2D eigenvalue weighted by atomic mass is 19.4. The predicted octanol–water partition coefficient (Wildman–Crippen LogP) is 3.23. The van der Waals surface area contributed by atoms with Gasteiger partial charge in [-0.2, -0.15) is 13.2 Å². The largest absolute Gasteiger partial charge is 0.416 e. The number of hydrogen-bond acceptors (Lipinski definition) is 1. The van der Waals surface area contributed by atoms with E-state index in [1.807, 2.05) is 6.92 Å². The Morgan fingerprint density at radius 2 is 1.75 bits per heavy atom. The van der Waals surface area contributed by atoms with Crippen LogP contribution < -0.4 is 5.73 Å². The molecule has 0 saturated heterocycles. The van der Waals surface area contributed by atoms with Crippen molar-refractivity contribution in [3.8, 4) is 0 Å². The van der Waals surface area contributed by atoms with E-state index in [0.29, 0.717) is 12.5 Å². The van der Waals surface area contributed by atoms with E-state index in [0.717, 1.165) is 30.5 Å². The van der Waals surface area contributed by atoms with Gasteiger partial charge in [-0.25, -0.2) is 0 Å². The van der Waals surface area contributed by atoms with Crippen LogP contribution in [-0.2, 0) is 12.6 Å². The van der Waals surface area contributed by atoms with Crippen molar-refractivity contribution in [2.45, 2.75) is 25.9 Å². The third kappa shape index (κ3) is 3.52. The molecule has 1 aromatic rings. The Balaban J connectivity index is 2.72. The maximum Gasteiger partial charge on any atom is 0.416 e. The average Bonchev–Trinajstić information content (AvgIpc) is 2.25. The lowest BCUT2D eigenvalue weighted by Crippen LogP contribution is -2.16. The molecule has 16 heavy (non-hydrogen) atoms. The minimum absolute atomic E-state index is 0.344. The summed E-state index contributed by atoms with van der Waals surface area (Å²) in [5, 5.41) is 0. The number of rotatable bonds is 4. The second kappa shape index (κ2) is 5.34. The van der Waals surface area contributed by atoms with Crippen LogP contribution in [0.4, 0.5) is 13.2 Å². The van der Waals surface area contributed by atoms with Crippen LogP contribution in [0, 0.1) is 5.92 Å². The Kier molecular flexibility index (Phi) is 4.35. The normalized spacial score (nSPS) is 13.8. The third-order valence-corrected chi connectivity index (χ3v) is 2.72. The van der Waals surface area contributed by atoms with E-state index in [1.165, 1.54) is 12.1 Å². The van der Waals surface area contributed by atoms with E-state index in [-0.39, 0.29) is 0 Å². The fourth-order valence-electron chi connectivity index (χ4n) is 1.56. The number of alkyl halides is 3. The van der Waals surface area contributed by atoms with Crippen molar-refractivity contribution >= 4 is 0 Å². The number of benzene rings is 1. The second-order valence-electron chi connectivity index (χ2n) is 3.91. The zero-order valence-electron chi connectivity index (χ0n) is 9.22. The van der Waals surface area contributed by atoms with Gasteiger partial charge in [0, 0.05) is 0 Å². The molecule has 1 rings (SSSR count). The highest BCUT2D eigenvalue weighted by molar-refractivity contribution is 5.24. The van der Waals surface area contributed by atoms with Crippen molar-refractivity contribution in [1.29, 1.82) is 0 Å². The Labute approximate surface area is 93.5 Å². The Hall–Kier alpha value is -1.03. The lowest BCUT2D eigenvalue weighted by atomic mass is 9.96. The first-order valence-corrected chi connectivity index (χ1v) is 5.33. The molecule has 0 amide bonds. The molecule has 0 saturated carbocycles. The molecule has 1 aromatic carbocycles. The summed E-state index contributed by atoms with van der Waals surface area (Å²) in [5.74, 6) is 0.344. The first-order valence-electron chi connectivity index (χ1n) is 5.33. The van der Waals surface area contributed by atoms with E-state index in [1.54, 1.807) is 0 Å². The highest BCUT2D eigenvalue weighted by Gasteiger charge is 2.29. The molecule has 2 N–H and O–H groups in total. The molecular weight excluding hydrogens is 215 g/mol. The van der Waals surface area contributed by atoms with Crippen LogP contribution in [0.15, 0.2) is 24.3 Å². The van der Waals surface area contributed by atoms with Gasteiger partial charge in [0.25, 0.3) is 0 Å². The summed E-state index contributed by atoms with van der Waals surface area (Å²) in [6, 6.07) is 5.30. The van der Waals surface area contributed by atoms with Crippen molar-refractivity contribution in [3.05, 3.63) is 35.4 Å². The number of nitrogens with two attached hydrogens (primary N) is 1. The van der Waals surface area contributed by atoms with Gasteiger partial charge in [-0.05, 0) is 36.6 Å². The van der Waals surface area contributed by atoms with E-state index >= 15 is 0 Å². The molecule has 1 atom stereocenters. The SMILES string of the molecule is CCC(CN)Cc1ccc(C(F)(F)F)cc1. The molecule has 0 heterocycles. The fourth-order valence-corrected chi connectivity index (χ4v) is 1.56. The third-order valence-electron chi connectivity index (χ3n) is 2.72. The molecule has 90 valence electrons. The molecular formula is C12H16F3N. The van der Waals surface area contributed by atoms with Crippen LogP contribution in [0.1, 0.15) is 24.5 Å². The van der Waals surface area contributed by atoms with Crippen molar-refractivity contribution in [1.82, 2.24) is 0 Å². The summed E-state index contributed by atoms with van der Waals surface area (Å²) in [6.45, 7) is 2.60. The molecule has 1 unspecified atom stereocenters. The maximum atomic E-state index is 12.3. The van der Waals surface area contributed by atoms with Gasteiger partial charge >= 0.3 is 6.18 Å². The summed E-state index contributed by atoms with van der Waals surface area (Å²) in [4.78, 5) is 0. The van der Waals surface area contributed by atoms with Gasteiger partial charge in [0.2, 0.25) is 0 Å². The van der Waals surface area contributed by atoms with Crippen molar-refractivity contribution in [3.63, 3.8) is 0 Å². The van der Waals surface area contributed by atoms with E-state index in [4.69, 9.17) is 5.73 Å². The summed E-state index contributed by atoms with van der Waals surface area (Å²) in [5.41, 5.74) is 5.86. The Morgan fingerprint density at radius 3 is 2.12 bits per heavy atom. The molecule has 0 aromatic heterocycles. The zero-order valence-corrected chi connectivity index (χ0v) is 9.22. The van der Waals surface area contributed by atoms with Gasteiger partial charge in [-0.3, -0.25) is 0 Å². The van der Waals surface area contributed by atoms with Gasteiger partial charge in [0.05, 0.1) is 5.56 Å². The monoisotopic (exact) mass is 231 g/mol. The Bertz CT molecular complexity index is 312. The molecule has 1 nitrogen and oxygen atoms in total. The molecule has 0 bridgehead atoms. The molecule has 0 aliphatic carbocycles. The summed E-state index contributed by atoms with van der Waals surface area (Å²) < 4.78 is 36.9. The van der Waals surface area contributed by atoms with Gasteiger partial charge in [-0.1, -0.05) is 25.5 Å². The van der Waals surface area contributed by atoms with Gasteiger partial charge < -0.3 is 5.73 Å². The van der Waals surface area contributed by atoms with Crippen molar-refractivity contribution in [2.75, 3.05) is 6.54 Å². The number of halogens is 3. The minimum atomic E-state index is -4.25. The van der Waals surface area contributed by atoms with E-state index in [9.17, 15) is 13.2 Å². The van der Waals surface area contributed by atoms with Crippen molar-refractivity contribution in [2.24, 2.45) is 11.7 Å². The fraction of sp³-hybridized carbons (Fsp3) is 0.500. The first-order chi connectivity index (χ1) is 7.47. The summed E-state index contributed by atoms with van der Waals surface area (Å²) >= 11 is 0. The lowest BCUT2D eigenvalue weighted by Gasteiger charge is -2.13. The van der Waals surface area contributed by atoms with Gasteiger partial charge in [0.1, 0.15) is 0 Å². The van der Waals surface area contributed by atoms with Crippen LogP contribution in [-0.4, -0.2) is 6.54 Å². The van der Waals surface area contributed by atoms with E-state index < -0.39 is 11.7 Å². The smallest absolute Gasteiger partial charge is 0.330 e. The van der Waals surface area contributed by atoms with Crippen LogP contribution in [0.5, 0.6) is 0 Å². The topological polar surface area (TPSA) is 26.0 Å². The van der Waals surface area contributed by atoms with Crippen LogP contribution in [0.25, 0.3) is 0 Å². The molecule has 4 heteroatoms. The maximum absolute atomic E-state index is 12.3. The quantitative estimate of drug-likeness (QED) is 0.845. The summed E-state index contributed by atoms with van der Waals surface area (Å²) in [6.07, 6.45) is -2.57. The van der Waals surface area contributed by atoms with Crippen LogP contribution >= 0.6 is 0 Å². The van der Waals surface area contributed by atoms with Gasteiger partial charge in [0.15, 0.2) is 0 Å². The minimum Gasteiger partial charge on any atom is -0.330 e.